The molecule has 0 aromatic heterocycles. The first-order valence-electron chi connectivity index (χ1n) is 8.63. The standard InChI is InChI=1S/C17H36N2O/c1-6-8-16-11-18-17(15(5)7-2)12-19(16)9-10-20-13-14(3)4/h14-18H,6-13H2,1-5H3. The topological polar surface area (TPSA) is 24.5 Å². The van der Waals surface area contributed by atoms with Gasteiger partial charge in [0.25, 0.3) is 0 Å². The third-order valence-corrected chi connectivity index (χ3v) is 4.49. The van der Waals surface area contributed by atoms with E-state index in [1.807, 2.05) is 0 Å². The van der Waals surface area contributed by atoms with Crippen molar-refractivity contribution in [2.75, 3.05) is 32.8 Å². The van der Waals surface area contributed by atoms with Gasteiger partial charge in [-0.25, -0.2) is 0 Å². The minimum Gasteiger partial charge on any atom is -0.380 e. The summed E-state index contributed by atoms with van der Waals surface area (Å²) in [6, 6.07) is 1.35. The lowest BCUT2D eigenvalue weighted by Gasteiger charge is -2.42. The first kappa shape index (κ1) is 17.9. The Balaban J connectivity index is 2.42. The predicted molar refractivity (Wildman–Crippen MR) is 87.2 cm³/mol. The maximum absolute atomic E-state index is 5.78. The van der Waals surface area contributed by atoms with Crippen LogP contribution in [0.5, 0.6) is 0 Å². The lowest BCUT2D eigenvalue weighted by Crippen LogP contribution is -2.58. The highest BCUT2D eigenvalue weighted by atomic mass is 16.5. The Kier molecular flexibility index (Phi) is 8.74. The van der Waals surface area contributed by atoms with E-state index >= 15 is 0 Å². The molecule has 1 aliphatic rings. The maximum atomic E-state index is 5.78. The SMILES string of the molecule is CCCC1CNC(C(C)CC)CN1CCOCC(C)C. The van der Waals surface area contributed by atoms with Gasteiger partial charge in [-0.05, 0) is 18.3 Å². The Labute approximate surface area is 126 Å². The largest absolute Gasteiger partial charge is 0.380 e. The Hall–Kier alpha value is -0.120. The molecule has 1 rings (SSSR count). The first-order valence-corrected chi connectivity index (χ1v) is 8.63. The molecule has 0 saturated carbocycles. The van der Waals surface area contributed by atoms with E-state index in [4.69, 9.17) is 4.74 Å². The summed E-state index contributed by atoms with van der Waals surface area (Å²) in [6.45, 7) is 16.6. The van der Waals surface area contributed by atoms with Crippen LogP contribution >= 0.6 is 0 Å². The van der Waals surface area contributed by atoms with Gasteiger partial charge in [0.15, 0.2) is 0 Å². The summed E-state index contributed by atoms with van der Waals surface area (Å²) >= 11 is 0. The second-order valence-corrected chi connectivity index (χ2v) is 6.81. The fraction of sp³-hybridized carbons (Fsp3) is 1.00. The molecule has 0 bridgehead atoms. The van der Waals surface area contributed by atoms with Crippen LogP contribution in [0.3, 0.4) is 0 Å². The van der Waals surface area contributed by atoms with Crippen molar-refractivity contribution in [2.24, 2.45) is 11.8 Å². The van der Waals surface area contributed by atoms with Gasteiger partial charge in [-0.2, -0.15) is 0 Å². The molecule has 20 heavy (non-hydrogen) atoms. The van der Waals surface area contributed by atoms with E-state index < -0.39 is 0 Å². The van der Waals surface area contributed by atoms with Crippen LogP contribution in [0.2, 0.25) is 0 Å². The fourth-order valence-corrected chi connectivity index (χ4v) is 2.94. The van der Waals surface area contributed by atoms with Crippen molar-refractivity contribution >= 4 is 0 Å². The van der Waals surface area contributed by atoms with Crippen LogP contribution in [-0.2, 0) is 4.74 Å². The normalized spacial score (nSPS) is 26.1. The summed E-state index contributed by atoms with van der Waals surface area (Å²) in [5.41, 5.74) is 0. The van der Waals surface area contributed by atoms with Gasteiger partial charge in [0.1, 0.15) is 0 Å². The molecule has 0 spiro atoms. The van der Waals surface area contributed by atoms with E-state index in [2.05, 4.69) is 44.8 Å². The zero-order chi connectivity index (χ0) is 15.0. The van der Waals surface area contributed by atoms with Gasteiger partial charge in [-0.3, -0.25) is 4.90 Å². The van der Waals surface area contributed by atoms with E-state index in [1.165, 1.54) is 25.8 Å². The van der Waals surface area contributed by atoms with E-state index in [1.54, 1.807) is 0 Å². The molecule has 0 aliphatic carbocycles. The third-order valence-electron chi connectivity index (χ3n) is 4.49. The number of piperazine rings is 1. The summed E-state index contributed by atoms with van der Waals surface area (Å²) in [7, 11) is 0. The van der Waals surface area contributed by atoms with E-state index in [-0.39, 0.29) is 0 Å². The van der Waals surface area contributed by atoms with Gasteiger partial charge in [0, 0.05) is 38.3 Å². The molecule has 0 aromatic carbocycles. The van der Waals surface area contributed by atoms with Gasteiger partial charge in [-0.1, -0.05) is 47.5 Å². The van der Waals surface area contributed by atoms with Crippen molar-refractivity contribution in [1.29, 1.82) is 0 Å². The fourth-order valence-electron chi connectivity index (χ4n) is 2.94. The zero-order valence-corrected chi connectivity index (χ0v) is 14.3. The predicted octanol–water partition coefficient (Wildman–Crippen LogP) is 3.15. The zero-order valence-electron chi connectivity index (χ0n) is 14.3. The first-order chi connectivity index (χ1) is 9.58. The van der Waals surface area contributed by atoms with E-state index in [0.29, 0.717) is 18.0 Å². The Morgan fingerprint density at radius 3 is 2.60 bits per heavy atom. The number of nitrogens with zero attached hydrogens (tertiary/aromatic N) is 1. The maximum Gasteiger partial charge on any atom is 0.0593 e. The molecule has 0 radical (unpaired) electrons. The van der Waals surface area contributed by atoms with Crippen molar-refractivity contribution in [3.63, 3.8) is 0 Å². The molecule has 3 nitrogen and oxygen atoms in total. The molecular weight excluding hydrogens is 248 g/mol. The third kappa shape index (κ3) is 6.11. The molecule has 0 aromatic rings. The van der Waals surface area contributed by atoms with Crippen molar-refractivity contribution < 1.29 is 4.74 Å². The minimum atomic E-state index is 0.636. The lowest BCUT2D eigenvalue weighted by atomic mass is 9.94. The number of hydrogen-bond donors (Lipinski definition) is 1. The highest BCUT2D eigenvalue weighted by Crippen LogP contribution is 2.18. The number of nitrogens with one attached hydrogen (secondary N) is 1. The molecule has 1 fully saturated rings. The molecule has 3 heteroatoms. The van der Waals surface area contributed by atoms with Gasteiger partial charge in [0.05, 0.1) is 6.61 Å². The van der Waals surface area contributed by atoms with Crippen LogP contribution in [0.4, 0.5) is 0 Å². The summed E-state index contributed by atoms with van der Waals surface area (Å²) in [5.74, 6) is 1.40. The van der Waals surface area contributed by atoms with Crippen LogP contribution in [0.1, 0.15) is 53.9 Å². The minimum absolute atomic E-state index is 0.636. The van der Waals surface area contributed by atoms with Crippen LogP contribution in [0.25, 0.3) is 0 Å². The summed E-state index contributed by atoms with van der Waals surface area (Å²) in [5, 5.41) is 3.76. The molecule has 120 valence electrons. The van der Waals surface area contributed by atoms with Crippen LogP contribution in [-0.4, -0.2) is 49.8 Å². The van der Waals surface area contributed by atoms with Crippen molar-refractivity contribution in [3.8, 4) is 0 Å². The molecule has 1 N–H and O–H groups in total. The van der Waals surface area contributed by atoms with E-state index in [9.17, 15) is 0 Å². The second-order valence-electron chi connectivity index (χ2n) is 6.81. The monoisotopic (exact) mass is 284 g/mol. The molecular formula is C17H36N2O. The Morgan fingerprint density at radius 2 is 2.00 bits per heavy atom. The lowest BCUT2D eigenvalue weighted by molar-refractivity contribution is 0.0459. The van der Waals surface area contributed by atoms with Gasteiger partial charge in [-0.15, -0.1) is 0 Å². The second kappa shape index (κ2) is 9.75. The highest BCUT2D eigenvalue weighted by molar-refractivity contribution is 4.88. The molecule has 3 atom stereocenters. The van der Waals surface area contributed by atoms with Crippen LogP contribution in [0, 0.1) is 11.8 Å². The molecule has 1 heterocycles. The number of hydrogen-bond acceptors (Lipinski definition) is 3. The number of rotatable bonds is 9. The van der Waals surface area contributed by atoms with Crippen molar-refractivity contribution in [2.45, 2.75) is 66.0 Å². The summed E-state index contributed by atoms with van der Waals surface area (Å²) in [4.78, 5) is 2.66. The highest BCUT2D eigenvalue weighted by Gasteiger charge is 2.29. The van der Waals surface area contributed by atoms with Crippen molar-refractivity contribution in [1.82, 2.24) is 10.2 Å². The Morgan fingerprint density at radius 1 is 1.25 bits per heavy atom. The smallest absolute Gasteiger partial charge is 0.0593 e. The molecule has 1 aliphatic heterocycles. The molecule has 1 saturated heterocycles. The van der Waals surface area contributed by atoms with Gasteiger partial charge < -0.3 is 10.1 Å². The summed E-state index contributed by atoms with van der Waals surface area (Å²) in [6.07, 6.45) is 3.82. The molecule has 3 unspecified atom stereocenters. The Bertz CT molecular complexity index is 245. The quantitative estimate of drug-likeness (QED) is 0.658. The number of ether oxygens (including phenoxy) is 1. The van der Waals surface area contributed by atoms with Crippen molar-refractivity contribution in [3.05, 3.63) is 0 Å². The average Bonchev–Trinajstić information content (AvgIpc) is 2.44. The summed E-state index contributed by atoms with van der Waals surface area (Å²) < 4.78 is 5.78. The average molecular weight is 284 g/mol. The van der Waals surface area contributed by atoms with Crippen LogP contribution in [0.15, 0.2) is 0 Å². The van der Waals surface area contributed by atoms with Crippen LogP contribution < -0.4 is 5.32 Å². The van der Waals surface area contributed by atoms with E-state index in [0.717, 1.165) is 32.2 Å². The van der Waals surface area contributed by atoms with Gasteiger partial charge in [0.2, 0.25) is 0 Å². The van der Waals surface area contributed by atoms with Gasteiger partial charge >= 0.3 is 0 Å². The molecule has 0 amide bonds.